The Morgan fingerprint density at radius 3 is 1.46 bits per heavy atom. The van der Waals surface area contributed by atoms with E-state index in [1.165, 1.54) is 0 Å². The average molecular weight is 380 g/mol. The number of alkyl halides is 3. The molecule has 0 aromatic carbocycles. The smallest absolute Gasteiger partial charge is 0.261 e. The Bertz CT molecular complexity index is 178. The number of carbonyl (C=O) groups excluding carboxylic acids is 1. The van der Waals surface area contributed by atoms with Crippen LogP contribution in [0.25, 0.3) is 0 Å². The van der Waals surface area contributed by atoms with Crippen LogP contribution in [-0.4, -0.2) is 25.0 Å². The van der Waals surface area contributed by atoms with E-state index in [0.717, 1.165) is 0 Å². The number of halogens is 3. The third-order valence-electron chi connectivity index (χ3n) is 1.59. The van der Waals surface area contributed by atoms with Gasteiger partial charge in [-0.3, -0.25) is 4.79 Å². The molecule has 0 rings (SSSR count). The summed E-state index contributed by atoms with van der Waals surface area (Å²) in [5.41, 5.74) is 0. The first-order chi connectivity index (χ1) is 5.68. The molecule has 0 aliphatic rings. The fourth-order valence-corrected chi connectivity index (χ4v) is 1.83. The van der Waals surface area contributed by atoms with Crippen molar-refractivity contribution in [1.29, 1.82) is 0 Å². The van der Waals surface area contributed by atoms with Crippen molar-refractivity contribution in [2.75, 3.05) is 0 Å². The molecule has 0 radical (unpaired) electrons. The number of nitrogens with zero attached hydrogens (tertiary/aromatic N) is 1. The lowest BCUT2D eigenvalue weighted by atomic mass is 10.2. The summed E-state index contributed by atoms with van der Waals surface area (Å²) in [6, 6.07) is 0.388. The number of amides is 1. The molecule has 0 bridgehead atoms. The number of hydrogen-bond acceptors (Lipinski definition) is 1. The molecule has 0 spiro atoms. The van der Waals surface area contributed by atoms with Gasteiger partial charge in [0.25, 0.3) is 5.91 Å². The van der Waals surface area contributed by atoms with E-state index in [9.17, 15) is 4.79 Å². The van der Waals surface area contributed by atoms with Crippen LogP contribution in [0.1, 0.15) is 27.7 Å². The molecule has 0 fully saturated rings. The van der Waals surface area contributed by atoms with Gasteiger partial charge in [0.1, 0.15) is 0 Å². The molecule has 1 amide bonds. The molecule has 13 heavy (non-hydrogen) atoms. The Kier molecular flexibility index (Phi) is 5.48. The number of hydrogen-bond donors (Lipinski definition) is 0. The molecule has 5 heteroatoms. The van der Waals surface area contributed by atoms with E-state index in [-0.39, 0.29) is 18.0 Å². The second-order valence-electron chi connectivity index (χ2n) is 3.40. The summed E-state index contributed by atoms with van der Waals surface area (Å²) < 4.78 is -0.832. The molecule has 0 saturated carbocycles. The van der Waals surface area contributed by atoms with Gasteiger partial charge in [-0.25, -0.2) is 0 Å². The van der Waals surface area contributed by atoms with Crippen LogP contribution in [0.3, 0.4) is 0 Å². The van der Waals surface area contributed by atoms with Crippen molar-refractivity contribution in [3.8, 4) is 0 Å². The minimum Gasteiger partial charge on any atom is -0.335 e. The first-order valence-electron chi connectivity index (χ1n) is 4.07. The van der Waals surface area contributed by atoms with Gasteiger partial charge in [-0.1, -0.05) is 0 Å². The van der Waals surface area contributed by atoms with Crippen molar-refractivity contribution in [2.45, 2.75) is 41.9 Å². The SMILES string of the molecule is CC(C)N(C(=O)C(Br)(Br)Br)C(C)C. The molecule has 0 unspecified atom stereocenters. The highest BCUT2D eigenvalue weighted by Gasteiger charge is 2.35. The van der Waals surface area contributed by atoms with Gasteiger partial charge in [0.15, 0.2) is 0 Å². The Balaban J connectivity index is 4.68. The highest BCUT2D eigenvalue weighted by Crippen LogP contribution is 2.36. The zero-order valence-electron chi connectivity index (χ0n) is 8.14. The van der Waals surface area contributed by atoms with E-state index in [2.05, 4.69) is 47.8 Å². The summed E-state index contributed by atoms with van der Waals surface area (Å²) in [6.07, 6.45) is 0. The van der Waals surface area contributed by atoms with Crippen molar-refractivity contribution in [3.05, 3.63) is 0 Å². The van der Waals surface area contributed by atoms with E-state index in [0.29, 0.717) is 0 Å². The number of carbonyl (C=O) groups is 1. The van der Waals surface area contributed by atoms with Crippen molar-refractivity contribution >= 4 is 53.7 Å². The molecule has 0 atom stereocenters. The topological polar surface area (TPSA) is 20.3 Å². The van der Waals surface area contributed by atoms with Gasteiger partial charge in [-0.15, -0.1) is 0 Å². The van der Waals surface area contributed by atoms with Crippen LogP contribution in [0.5, 0.6) is 0 Å². The van der Waals surface area contributed by atoms with Gasteiger partial charge in [0.05, 0.1) is 0 Å². The summed E-state index contributed by atoms with van der Waals surface area (Å²) >= 11 is 9.67. The normalized spacial score (nSPS) is 12.4. The van der Waals surface area contributed by atoms with Crippen LogP contribution in [0.2, 0.25) is 0 Å². The zero-order valence-corrected chi connectivity index (χ0v) is 12.9. The number of rotatable bonds is 2. The predicted molar refractivity (Wildman–Crippen MR) is 66.6 cm³/mol. The Morgan fingerprint density at radius 2 is 1.38 bits per heavy atom. The molecular weight excluding hydrogens is 366 g/mol. The zero-order chi connectivity index (χ0) is 10.8. The summed E-state index contributed by atoms with van der Waals surface area (Å²) in [7, 11) is 0. The molecule has 0 aromatic heterocycles. The third kappa shape index (κ3) is 4.30. The minimum atomic E-state index is -0.832. The molecular formula is C8H14Br3NO. The van der Waals surface area contributed by atoms with E-state index >= 15 is 0 Å². The maximum Gasteiger partial charge on any atom is 0.261 e. The highest BCUT2D eigenvalue weighted by molar-refractivity contribution is 9.40. The Morgan fingerprint density at radius 1 is 1.08 bits per heavy atom. The lowest BCUT2D eigenvalue weighted by molar-refractivity contribution is -0.132. The van der Waals surface area contributed by atoms with Crippen molar-refractivity contribution in [2.24, 2.45) is 0 Å². The van der Waals surface area contributed by atoms with Gasteiger partial charge in [-0.05, 0) is 75.5 Å². The van der Waals surface area contributed by atoms with Crippen LogP contribution in [0.4, 0.5) is 0 Å². The monoisotopic (exact) mass is 377 g/mol. The van der Waals surface area contributed by atoms with Crippen LogP contribution < -0.4 is 0 Å². The van der Waals surface area contributed by atoms with E-state index < -0.39 is 2.14 Å². The first-order valence-corrected chi connectivity index (χ1v) is 6.45. The van der Waals surface area contributed by atoms with Gasteiger partial charge in [0, 0.05) is 12.1 Å². The predicted octanol–water partition coefficient (Wildman–Crippen LogP) is 3.47. The van der Waals surface area contributed by atoms with Crippen LogP contribution >= 0.6 is 47.8 Å². The summed E-state index contributed by atoms with van der Waals surface area (Å²) in [5, 5.41) is 0. The lowest BCUT2D eigenvalue weighted by Gasteiger charge is -2.33. The quantitative estimate of drug-likeness (QED) is 0.673. The van der Waals surface area contributed by atoms with Crippen molar-refractivity contribution in [3.63, 3.8) is 0 Å². The fourth-order valence-electron chi connectivity index (χ4n) is 1.21. The maximum absolute atomic E-state index is 11.8. The largest absolute Gasteiger partial charge is 0.335 e. The van der Waals surface area contributed by atoms with Crippen molar-refractivity contribution < 1.29 is 4.79 Å². The Labute approximate surface area is 105 Å². The maximum atomic E-state index is 11.8. The molecule has 78 valence electrons. The first kappa shape index (κ1) is 13.9. The van der Waals surface area contributed by atoms with Gasteiger partial charge in [-0.2, -0.15) is 0 Å². The summed E-state index contributed by atoms with van der Waals surface area (Å²) in [5.74, 6) is -0.0162. The molecule has 0 heterocycles. The second-order valence-corrected chi connectivity index (χ2v) is 10.2. The van der Waals surface area contributed by atoms with Crippen LogP contribution in [-0.2, 0) is 4.79 Å². The highest BCUT2D eigenvalue weighted by atomic mass is 80.0. The fraction of sp³-hybridized carbons (Fsp3) is 0.875. The molecule has 0 aromatic rings. The Hall–Kier alpha value is 0.910. The minimum absolute atomic E-state index is 0.0162. The molecule has 0 N–H and O–H groups in total. The van der Waals surface area contributed by atoms with Gasteiger partial charge in [0.2, 0.25) is 2.14 Å². The molecule has 0 aliphatic carbocycles. The second kappa shape index (κ2) is 5.12. The van der Waals surface area contributed by atoms with E-state index in [4.69, 9.17) is 0 Å². The van der Waals surface area contributed by atoms with Crippen LogP contribution in [0.15, 0.2) is 0 Å². The van der Waals surface area contributed by atoms with Crippen LogP contribution in [0, 0.1) is 0 Å². The molecule has 2 nitrogen and oxygen atoms in total. The van der Waals surface area contributed by atoms with E-state index in [1.54, 1.807) is 4.90 Å². The van der Waals surface area contributed by atoms with Gasteiger partial charge < -0.3 is 4.90 Å². The summed E-state index contributed by atoms with van der Waals surface area (Å²) in [6.45, 7) is 7.99. The molecule has 0 saturated heterocycles. The third-order valence-corrected chi connectivity index (χ3v) is 2.61. The van der Waals surface area contributed by atoms with Gasteiger partial charge >= 0.3 is 0 Å². The van der Waals surface area contributed by atoms with E-state index in [1.807, 2.05) is 27.7 Å². The average Bonchev–Trinajstić information content (AvgIpc) is 1.82. The molecule has 0 aliphatic heterocycles. The van der Waals surface area contributed by atoms with Crippen molar-refractivity contribution in [1.82, 2.24) is 4.90 Å². The standard InChI is InChI=1S/C8H14Br3NO/c1-5(2)12(6(3)4)7(13)8(9,10)11/h5-6H,1-4H3. The summed E-state index contributed by atoms with van der Waals surface area (Å²) in [4.78, 5) is 13.6. The lowest BCUT2D eigenvalue weighted by Crippen LogP contribution is -2.47.